The molecule has 0 amide bonds. The first-order valence-electron chi connectivity index (χ1n) is 15.2. The van der Waals surface area contributed by atoms with Crippen LogP contribution in [0.5, 0.6) is 0 Å². The van der Waals surface area contributed by atoms with E-state index in [0.717, 1.165) is 64.2 Å². The van der Waals surface area contributed by atoms with Gasteiger partial charge in [-0.25, -0.2) is 0 Å². The molecule has 0 rings (SSSR count). The quantitative estimate of drug-likeness (QED) is 0.0979. The highest BCUT2D eigenvalue weighted by Gasteiger charge is 2.36. The van der Waals surface area contributed by atoms with Gasteiger partial charge in [0.05, 0.1) is 25.4 Å². The molecule has 0 saturated carbocycles. The lowest BCUT2D eigenvalue weighted by Gasteiger charge is -2.38. The van der Waals surface area contributed by atoms with Crippen LogP contribution in [0.25, 0.3) is 0 Å². The van der Waals surface area contributed by atoms with Crippen molar-refractivity contribution in [1.29, 1.82) is 0 Å². The molecule has 0 spiro atoms. The van der Waals surface area contributed by atoms with Crippen molar-refractivity contribution in [2.75, 3.05) is 13.2 Å². The molecule has 0 aromatic rings. The second-order valence-electron chi connectivity index (χ2n) is 10.8. The van der Waals surface area contributed by atoms with E-state index in [1.165, 1.54) is 51.4 Å². The third-order valence-electron chi connectivity index (χ3n) is 7.59. The maximum atomic E-state index is 10.8. The molecular formula is C30H62O5. The van der Waals surface area contributed by atoms with Crippen LogP contribution in [-0.2, 0) is 4.74 Å². The van der Waals surface area contributed by atoms with E-state index in [1.807, 2.05) is 0 Å². The lowest BCUT2D eigenvalue weighted by atomic mass is 9.85. The predicted molar refractivity (Wildman–Crippen MR) is 148 cm³/mol. The molecule has 6 atom stereocenters. The molecule has 0 aromatic heterocycles. The van der Waals surface area contributed by atoms with Crippen LogP contribution in [0.2, 0.25) is 0 Å². The second kappa shape index (κ2) is 24.2. The van der Waals surface area contributed by atoms with Crippen LogP contribution in [0.3, 0.4) is 0 Å². The van der Waals surface area contributed by atoms with Gasteiger partial charge in [-0.3, -0.25) is 0 Å². The molecule has 0 aliphatic carbocycles. The van der Waals surface area contributed by atoms with Gasteiger partial charge >= 0.3 is 0 Å². The van der Waals surface area contributed by atoms with Crippen molar-refractivity contribution in [3.8, 4) is 0 Å². The van der Waals surface area contributed by atoms with Gasteiger partial charge in [-0.05, 0) is 37.5 Å². The Morgan fingerprint density at radius 1 is 0.457 bits per heavy atom. The van der Waals surface area contributed by atoms with Gasteiger partial charge in [-0.1, -0.05) is 118 Å². The number of unbranched alkanes of at least 4 members (excludes halogenated alkanes) is 10. The first-order valence-corrected chi connectivity index (χ1v) is 15.2. The third kappa shape index (κ3) is 16.3. The Hall–Kier alpha value is -0.200. The summed E-state index contributed by atoms with van der Waals surface area (Å²) >= 11 is 0. The molecule has 0 aliphatic heterocycles. The van der Waals surface area contributed by atoms with Gasteiger partial charge in [0.1, 0.15) is 12.2 Å². The largest absolute Gasteiger partial charge is 0.394 e. The zero-order valence-electron chi connectivity index (χ0n) is 23.8. The first-order chi connectivity index (χ1) is 17.0. The zero-order chi connectivity index (χ0) is 26.3. The highest BCUT2D eigenvalue weighted by molar-refractivity contribution is 4.84. The molecule has 35 heavy (non-hydrogen) atoms. The Morgan fingerprint density at radius 3 is 1.09 bits per heavy atom. The average molecular weight is 503 g/mol. The number of rotatable bonds is 26. The summed E-state index contributed by atoms with van der Waals surface area (Å²) in [6, 6.07) is 0. The molecular weight excluding hydrogens is 440 g/mol. The molecule has 0 aliphatic rings. The maximum absolute atomic E-state index is 10.8. The number of ether oxygens (including phenoxy) is 1. The Kier molecular flexibility index (Phi) is 24.0. The van der Waals surface area contributed by atoms with E-state index >= 15 is 0 Å². The van der Waals surface area contributed by atoms with Crippen LogP contribution in [0, 0.1) is 11.8 Å². The predicted octanol–water partition coefficient (Wildman–Crippen LogP) is 6.78. The minimum absolute atomic E-state index is 0.142. The Morgan fingerprint density at radius 2 is 0.771 bits per heavy atom. The van der Waals surface area contributed by atoms with Crippen LogP contribution in [0.1, 0.15) is 143 Å². The van der Waals surface area contributed by atoms with Crippen LogP contribution in [0.15, 0.2) is 0 Å². The second-order valence-corrected chi connectivity index (χ2v) is 10.8. The average Bonchev–Trinajstić information content (AvgIpc) is 2.87. The van der Waals surface area contributed by atoms with E-state index in [-0.39, 0.29) is 25.0 Å². The molecule has 5 heteroatoms. The van der Waals surface area contributed by atoms with E-state index in [9.17, 15) is 20.4 Å². The molecule has 5 nitrogen and oxygen atoms in total. The molecule has 4 N–H and O–H groups in total. The highest BCUT2D eigenvalue weighted by Crippen LogP contribution is 2.32. The molecule has 6 unspecified atom stereocenters. The summed E-state index contributed by atoms with van der Waals surface area (Å²) in [6.45, 7) is 8.10. The van der Waals surface area contributed by atoms with E-state index in [1.54, 1.807) is 0 Å². The summed E-state index contributed by atoms with van der Waals surface area (Å²) in [5.74, 6) is 0.284. The number of hydrogen-bond donors (Lipinski definition) is 4. The standard InChI is InChI=1S/C30H62O5/c1-5-9-13-15-17-21-25(19-11-7-3)29(27(33)23-31)35-30(28(34)24-32)26(20-12-8-4)22-18-16-14-10-6-2/h25-34H,5-24H2,1-4H3. The monoisotopic (exact) mass is 502 g/mol. The van der Waals surface area contributed by atoms with Gasteiger partial charge in [-0.15, -0.1) is 0 Å². The molecule has 0 bridgehead atoms. The van der Waals surface area contributed by atoms with Crippen molar-refractivity contribution in [3.63, 3.8) is 0 Å². The van der Waals surface area contributed by atoms with E-state index in [2.05, 4.69) is 27.7 Å². The van der Waals surface area contributed by atoms with E-state index < -0.39 is 24.4 Å². The van der Waals surface area contributed by atoms with E-state index in [4.69, 9.17) is 4.74 Å². The number of aliphatic hydroxyl groups is 4. The molecule has 0 radical (unpaired) electrons. The third-order valence-corrected chi connectivity index (χ3v) is 7.59. The van der Waals surface area contributed by atoms with Gasteiger partial charge in [0.15, 0.2) is 0 Å². The van der Waals surface area contributed by atoms with Crippen LogP contribution < -0.4 is 0 Å². The van der Waals surface area contributed by atoms with Crippen LogP contribution in [0.4, 0.5) is 0 Å². The lowest BCUT2D eigenvalue weighted by Crippen LogP contribution is -2.47. The normalized spacial score (nSPS) is 17.1. The summed E-state index contributed by atoms with van der Waals surface area (Å²) in [7, 11) is 0. The fourth-order valence-electron chi connectivity index (χ4n) is 5.32. The van der Waals surface area contributed by atoms with Crippen molar-refractivity contribution >= 4 is 0 Å². The van der Waals surface area contributed by atoms with Crippen molar-refractivity contribution in [3.05, 3.63) is 0 Å². The topological polar surface area (TPSA) is 90.2 Å². The summed E-state index contributed by atoms with van der Waals surface area (Å²) in [6.07, 6.45) is 17.0. The first kappa shape index (κ1) is 34.8. The fraction of sp³-hybridized carbons (Fsp3) is 1.00. The summed E-state index contributed by atoms with van der Waals surface area (Å²) < 4.78 is 6.61. The minimum atomic E-state index is -0.975. The lowest BCUT2D eigenvalue weighted by molar-refractivity contribution is -0.171. The smallest absolute Gasteiger partial charge is 0.103 e. The summed E-state index contributed by atoms with van der Waals surface area (Å²) in [5.41, 5.74) is 0. The zero-order valence-corrected chi connectivity index (χ0v) is 23.8. The van der Waals surface area contributed by atoms with Gasteiger partial charge in [0.25, 0.3) is 0 Å². The van der Waals surface area contributed by atoms with Gasteiger partial charge in [0, 0.05) is 0 Å². The van der Waals surface area contributed by atoms with Gasteiger partial charge in [0.2, 0.25) is 0 Å². The van der Waals surface area contributed by atoms with Crippen molar-refractivity contribution in [2.45, 2.75) is 168 Å². The molecule has 0 saturated heterocycles. The number of hydrogen-bond acceptors (Lipinski definition) is 5. The van der Waals surface area contributed by atoms with Crippen LogP contribution >= 0.6 is 0 Å². The summed E-state index contributed by atoms with van der Waals surface area (Å²) in [5, 5.41) is 41.5. The van der Waals surface area contributed by atoms with Gasteiger partial charge < -0.3 is 25.2 Å². The summed E-state index contributed by atoms with van der Waals surface area (Å²) in [4.78, 5) is 0. The van der Waals surface area contributed by atoms with Crippen LogP contribution in [-0.4, -0.2) is 58.1 Å². The Labute approximate surface area is 218 Å². The molecule has 0 heterocycles. The van der Waals surface area contributed by atoms with Crippen molar-refractivity contribution in [2.24, 2.45) is 11.8 Å². The minimum Gasteiger partial charge on any atom is -0.394 e. The Balaban J connectivity index is 5.59. The molecule has 0 aromatic carbocycles. The van der Waals surface area contributed by atoms with Gasteiger partial charge in [-0.2, -0.15) is 0 Å². The van der Waals surface area contributed by atoms with E-state index in [0.29, 0.717) is 0 Å². The number of aliphatic hydroxyl groups excluding tert-OH is 4. The van der Waals surface area contributed by atoms with Crippen molar-refractivity contribution in [1.82, 2.24) is 0 Å². The molecule has 0 fully saturated rings. The Bertz CT molecular complexity index is 395. The maximum Gasteiger partial charge on any atom is 0.103 e. The highest BCUT2D eigenvalue weighted by atomic mass is 16.5. The van der Waals surface area contributed by atoms with Crippen molar-refractivity contribution < 1.29 is 25.2 Å². The molecule has 212 valence electrons. The SMILES string of the molecule is CCCCCCCC(CCCC)C(OC(C(O)CO)C(CCCC)CCCCCCC)C(O)CO. The fourth-order valence-corrected chi connectivity index (χ4v) is 5.32.